The van der Waals surface area contributed by atoms with E-state index in [1.807, 2.05) is 0 Å². The molecule has 20 heavy (non-hydrogen) atoms. The Morgan fingerprint density at radius 1 is 1.10 bits per heavy atom. The smallest absolute Gasteiger partial charge is 0.227 e. The molecule has 0 aliphatic rings. The summed E-state index contributed by atoms with van der Waals surface area (Å²) in [5.41, 5.74) is 0.786. The Hall–Kier alpha value is -1.79. The fourth-order valence-corrected chi connectivity index (χ4v) is 1.88. The molecule has 1 amide bonds. The minimum atomic E-state index is -0.152. The molecule has 0 saturated heterocycles. The molecule has 2 N–H and O–H groups in total. The van der Waals surface area contributed by atoms with E-state index in [0.717, 1.165) is 5.56 Å². The van der Waals surface area contributed by atoms with Crippen molar-refractivity contribution in [2.45, 2.75) is 6.42 Å². The van der Waals surface area contributed by atoms with Crippen LogP contribution in [-0.2, 0) is 11.2 Å². The lowest BCUT2D eigenvalue weighted by Crippen LogP contribution is -2.36. The Kier molecular flexibility index (Phi) is 6.83. The quantitative estimate of drug-likeness (QED) is 0.705. The van der Waals surface area contributed by atoms with Crippen molar-refractivity contribution in [1.82, 2.24) is 4.90 Å². The zero-order valence-electron chi connectivity index (χ0n) is 11.8. The van der Waals surface area contributed by atoms with E-state index in [9.17, 15) is 4.79 Å². The van der Waals surface area contributed by atoms with Crippen LogP contribution >= 0.6 is 0 Å². The normalized spacial score (nSPS) is 10.2. The summed E-state index contributed by atoms with van der Waals surface area (Å²) in [5.74, 6) is 1.01. The van der Waals surface area contributed by atoms with Crippen LogP contribution in [0.25, 0.3) is 0 Å². The minimum absolute atomic E-state index is 0.127. The van der Waals surface area contributed by atoms with Crippen molar-refractivity contribution in [2.24, 2.45) is 0 Å². The molecular formula is C14H21NO5. The van der Waals surface area contributed by atoms with E-state index in [0.29, 0.717) is 11.5 Å². The second-order valence-corrected chi connectivity index (χ2v) is 4.19. The first-order valence-electron chi connectivity index (χ1n) is 6.36. The highest BCUT2D eigenvalue weighted by Crippen LogP contribution is 2.27. The molecule has 0 atom stereocenters. The van der Waals surface area contributed by atoms with Gasteiger partial charge in [-0.3, -0.25) is 4.79 Å². The molecule has 0 heterocycles. The van der Waals surface area contributed by atoms with Crippen LogP contribution < -0.4 is 9.47 Å². The third kappa shape index (κ3) is 4.40. The fraction of sp³-hybridized carbons (Fsp3) is 0.500. The molecule has 1 aromatic rings. The molecule has 0 radical (unpaired) electrons. The standard InChI is InChI=1S/C14H21NO5/c1-19-12-4-3-11(9-13(12)20-2)10-14(18)15(5-7-16)6-8-17/h3-4,9,16-17H,5-8,10H2,1-2H3. The van der Waals surface area contributed by atoms with E-state index in [1.165, 1.54) is 12.0 Å². The van der Waals surface area contributed by atoms with Gasteiger partial charge < -0.3 is 24.6 Å². The number of carbonyl (C=O) groups is 1. The number of hydrogen-bond donors (Lipinski definition) is 2. The van der Waals surface area contributed by atoms with E-state index < -0.39 is 0 Å². The Morgan fingerprint density at radius 3 is 2.20 bits per heavy atom. The summed E-state index contributed by atoms with van der Waals surface area (Å²) in [7, 11) is 3.08. The third-order valence-corrected chi connectivity index (χ3v) is 2.90. The number of nitrogens with zero attached hydrogens (tertiary/aromatic N) is 1. The van der Waals surface area contributed by atoms with Crippen LogP contribution in [-0.4, -0.2) is 61.5 Å². The largest absolute Gasteiger partial charge is 0.493 e. The monoisotopic (exact) mass is 283 g/mol. The van der Waals surface area contributed by atoms with Gasteiger partial charge in [0.05, 0.1) is 33.9 Å². The predicted molar refractivity (Wildman–Crippen MR) is 74.0 cm³/mol. The maximum atomic E-state index is 12.1. The highest BCUT2D eigenvalue weighted by molar-refractivity contribution is 5.79. The van der Waals surface area contributed by atoms with Crippen molar-refractivity contribution in [3.63, 3.8) is 0 Å². The number of aliphatic hydroxyl groups excluding tert-OH is 2. The van der Waals surface area contributed by atoms with Crippen molar-refractivity contribution in [2.75, 3.05) is 40.5 Å². The summed E-state index contributed by atoms with van der Waals surface area (Å²) < 4.78 is 10.3. The summed E-state index contributed by atoms with van der Waals surface area (Å²) in [5, 5.41) is 17.8. The molecule has 0 aliphatic heterocycles. The summed E-state index contributed by atoms with van der Waals surface area (Å²) >= 11 is 0. The highest BCUT2D eigenvalue weighted by atomic mass is 16.5. The van der Waals surface area contributed by atoms with Crippen molar-refractivity contribution < 1.29 is 24.5 Å². The minimum Gasteiger partial charge on any atom is -0.493 e. The number of carbonyl (C=O) groups excluding carboxylic acids is 1. The van der Waals surface area contributed by atoms with Gasteiger partial charge in [-0.1, -0.05) is 6.07 Å². The number of aliphatic hydroxyl groups is 2. The van der Waals surface area contributed by atoms with E-state index in [-0.39, 0.29) is 38.6 Å². The predicted octanol–water partition coefficient (Wildman–Crippen LogP) is 0.0595. The van der Waals surface area contributed by atoms with E-state index >= 15 is 0 Å². The van der Waals surface area contributed by atoms with E-state index in [4.69, 9.17) is 19.7 Å². The van der Waals surface area contributed by atoms with E-state index in [1.54, 1.807) is 25.3 Å². The van der Waals surface area contributed by atoms with Crippen LogP contribution in [0, 0.1) is 0 Å². The highest BCUT2D eigenvalue weighted by Gasteiger charge is 2.14. The van der Waals surface area contributed by atoms with Gasteiger partial charge in [-0.2, -0.15) is 0 Å². The number of amides is 1. The van der Waals surface area contributed by atoms with Crippen molar-refractivity contribution in [3.8, 4) is 11.5 Å². The van der Waals surface area contributed by atoms with Crippen LogP contribution in [0.3, 0.4) is 0 Å². The van der Waals surface area contributed by atoms with Gasteiger partial charge in [0.15, 0.2) is 11.5 Å². The number of hydrogen-bond acceptors (Lipinski definition) is 5. The topological polar surface area (TPSA) is 79.2 Å². The lowest BCUT2D eigenvalue weighted by molar-refractivity contribution is -0.131. The summed E-state index contributed by atoms with van der Waals surface area (Å²) in [6.07, 6.45) is 0.181. The first-order valence-corrected chi connectivity index (χ1v) is 6.36. The van der Waals surface area contributed by atoms with Gasteiger partial charge >= 0.3 is 0 Å². The molecule has 0 fully saturated rings. The maximum absolute atomic E-state index is 12.1. The van der Waals surface area contributed by atoms with Crippen LogP contribution in [0.2, 0.25) is 0 Å². The lowest BCUT2D eigenvalue weighted by atomic mass is 10.1. The molecule has 0 saturated carbocycles. The van der Waals surface area contributed by atoms with Crippen molar-refractivity contribution in [1.29, 1.82) is 0 Å². The fourth-order valence-electron chi connectivity index (χ4n) is 1.88. The number of rotatable bonds is 8. The summed E-state index contributed by atoms with van der Waals surface area (Å²) in [4.78, 5) is 13.5. The molecule has 6 heteroatoms. The van der Waals surface area contributed by atoms with Gasteiger partial charge in [0, 0.05) is 13.1 Å². The van der Waals surface area contributed by atoms with Gasteiger partial charge in [-0.25, -0.2) is 0 Å². The van der Waals surface area contributed by atoms with Crippen LogP contribution in [0.5, 0.6) is 11.5 Å². The average Bonchev–Trinajstić information content (AvgIpc) is 2.46. The summed E-state index contributed by atoms with van der Waals surface area (Å²) in [6, 6.07) is 5.27. The van der Waals surface area contributed by atoms with Crippen LogP contribution in [0.1, 0.15) is 5.56 Å². The lowest BCUT2D eigenvalue weighted by Gasteiger charge is -2.20. The first kappa shape index (κ1) is 16.3. The second kappa shape index (κ2) is 8.39. The Balaban J connectivity index is 2.78. The molecule has 112 valence electrons. The van der Waals surface area contributed by atoms with Gasteiger partial charge in [-0.05, 0) is 17.7 Å². The molecule has 0 spiro atoms. The average molecular weight is 283 g/mol. The van der Waals surface area contributed by atoms with Gasteiger partial charge in [0.25, 0.3) is 0 Å². The number of ether oxygens (including phenoxy) is 2. The molecule has 6 nitrogen and oxygen atoms in total. The molecule has 0 bridgehead atoms. The molecular weight excluding hydrogens is 262 g/mol. The third-order valence-electron chi connectivity index (χ3n) is 2.90. The van der Waals surface area contributed by atoms with Crippen LogP contribution in [0.15, 0.2) is 18.2 Å². The second-order valence-electron chi connectivity index (χ2n) is 4.19. The maximum Gasteiger partial charge on any atom is 0.227 e. The van der Waals surface area contributed by atoms with Gasteiger partial charge in [-0.15, -0.1) is 0 Å². The Labute approximate surface area is 118 Å². The molecule has 0 aliphatic carbocycles. The van der Waals surface area contributed by atoms with Gasteiger partial charge in [0.1, 0.15) is 0 Å². The zero-order valence-corrected chi connectivity index (χ0v) is 11.8. The Bertz CT molecular complexity index is 430. The molecule has 1 aromatic carbocycles. The van der Waals surface area contributed by atoms with Crippen molar-refractivity contribution >= 4 is 5.91 Å². The zero-order chi connectivity index (χ0) is 15.0. The van der Waals surface area contributed by atoms with E-state index in [2.05, 4.69) is 0 Å². The number of methoxy groups -OCH3 is 2. The number of benzene rings is 1. The van der Waals surface area contributed by atoms with Crippen molar-refractivity contribution in [3.05, 3.63) is 23.8 Å². The van der Waals surface area contributed by atoms with Crippen LogP contribution in [0.4, 0.5) is 0 Å². The summed E-state index contributed by atoms with van der Waals surface area (Å²) in [6.45, 7) is 0.175. The SMILES string of the molecule is COc1ccc(CC(=O)N(CCO)CCO)cc1OC. The first-order chi connectivity index (χ1) is 9.65. The van der Waals surface area contributed by atoms with Gasteiger partial charge in [0.2, 0.25) is 5.91 Å². The molecule has 1 rings (SSSR count). The molecule has 0 aromatic heterocycles. The molecule has 0 unspecified atom stereocenters. The Morgan fingerprint density at radius 2 is 1.70 bits per heavy atom.